The highest BCUT2D eigenvalue weighted by atomic mass is 16.5. The van der Waals surface area contributed by atoms with Gasteiger partial charge < -0.3 is 70.5 Å². The van der Waals surface area contributed by atoms with Crippen LogP contribution < -0.4 is 21.3 Å². The first-order chi connectivity index (χ1) is 41.0. The minimum Gasteiger partial charge on any atom is -0.394 e. The van der Waals surface area contributed by atoms with Crippen LogP contribution in [0.2, 0.25) is 0 Å². The van der Waals surface area contributed by atoms with E-state index >= 15 is 9.59 Å². The predicted molar refractivity (Wildman–Crippen MR) is 341 cm³/mol. The number of rotatable bonds is 17. The molecular weight excluding hydrogens is 1150 g/mol. The van der Waals surface area contributed by atoms with Gasteiger partial charge in [0, 0.05) is 62.9 Å². The van der Waals surface area contributed by atoms with Crippen LogP contribution in [0.15, 0.2) is 12.2 Å². The molecule has 25 nitrogen and oxygen atoms in total. The third-order valence-corrected chi connectivity index (χ3v) is 17.1. The number of aliphatic hydroxyl groups is 2. The molecule has 2 unspecified atom stereocenters. The van der Waals surface area contributed by atoms with Crippen LogP contribution >= 0.6 is 0 Å². The summed E-state index contributed by atoms with van der Waals surface area (Å²) >= 11 is 0. The minimum absolute atomic E-state index is 0.0815. The molecule has 0 aromatic rings. The Morgan fingerprint density at radius 2 is 0.910 bits per heavy atom. The molecule has 1 heterocycles. The maximum atomic E-state index is 15.2. The van der Waals surface area contributed by atoms with Gasteiger partial charge >= 0.3 is 0 Å². The van der Waals surface area contributed by atoms with Crippen molar-refractivity contribution in [2.24, 2.45) is 35.5 Å². The van der Waals surface area contributed by atoms with E-state index in [-0.39, 0.29) is 56.3 Å². The summed E-state index contributed by atoms with van der Waals surface area (Å²) in [5, 5.41) is 34.0. The summed E-state index contributed by atoms with van der Waals surface area (Å²) in [5.74, 6) is -10.7. The Hall–Kier alpha value is -6.21. The highest BCUT2D eigenvalue weighted by Gasteiger charge is 2.47. The fraction of sp³-hybridized carbons (Fsp3) is 0.797. The minimum atomic E-state index is -1.68. The molecule has 25 heteroatoms. The van der Waals surface area contributed by atoms with Gasteiger partial charge in [-0.3, -0.25) is 52.7 Å². The van der Waals surface area contributed by atoms with Crippen molar-refractivity contribution in [2.45, 2.75) is 234 Å². The Kier molecular flexibility index (Phi) is 32.7. The summed E-state index contributed by atoms with van der Waals surface area (Å²) in [5.41, 5.74) is -1.08. The number of hydrogen-bond donors (Lipinski definition) is 6. The fourth-order valence-corrected chi connectivity index (χ4v) is 11.1. The van der Waals surface area contributed by atoms with E-state index in [1.54, 1.807) is 74.5 Å². The third kappa shape index (κ3) is 22.0. The second kappa shape index (κ2) is 36.0. The van der Waals surface area contributed by atoms with Crippen LogP contribution in [0.5, 0.6) is 0 Å². The smallest absolute Gasteiger partial charge is 0.248 e. The highest BCUT2D eigenvalue weighted by molar-refractivity contribution is 6.00. The van der Waals surface area contributed by atoms with Crippen molar-refractivity contribution in [3.63, 3.8) is 0 Å². The molecule has 1 fully saturated rings. The van der Waals surface area contributed by atoms with E-state index in [0.29, 0.717) is 0 Å². The van der Waals surface area contributed by atoms with Crippen LogP contribution in [0.4, 0.5) is 0 Å². The Bertz CT molecular complexity index is 2450. The van der Waals surface area contributed by atoms with Gasteiger partial charge in [0.05, 0.1) is 18.3 Å². The zero-order valence-corrected chi connectivity index (χ0v) is 58.4. The van der Waals surface area contributed by atoms with Crippen molar-refractivity contribution in [2.75, 3.05) is 63.1 Å². The molecule has 1 aliphatic heterocycles. The second-order valence-corrected chi connectivity index (χ2v) is 27.0. The van der Waals surface area contributed by atoms with Crippen LogP contribution in [-0.4, -0.2) is 251 Å². The lowest BCUT2D eigenvalue weighted by Gasteiger charge is -2.41. The lowest BCUT2D eigenvalue weighted by molar-refractivity contribution is -0.157. The number of aliphatic hydroxyl groups excluding tert-OH is 2. The summed E-state index contributed by atoms with van der Waals surface area (Å²) < 4.78 is 5.71. The van der Waals surface area contributed by atoms with Gasteiger partial charge in [0.15, 0.2) is 0 Å². The zero-order valence-electron chi connectivity index (χ0n) is 58.4. The lowest BCUT2D eigenvalue weighted by atomic mass is 9.91. The summed E-state index contributed by atoms with van der Waals surface area (Å²) in [6, 6.07) is -14.8. The van der Waals surface area contributed by atoms with E-state index < -0.39 is 168 Å². The normalized spacial score (nSPS) is 27.2. The number of carbonyl (C=O) groups excluding carboxylic acids is 11. The summed E-state index contributed by atoms with van der Waals surface area (Å²) in [7, 11) is 11.0. The predicted octanol–water partition coefficient (Wildman–Crippen LogP) is 2.40. The standard InChI is InChI=1S/C64H115N11O14/c1-26-28-29-40(13)52(77)51-56(81)67-43(27-2)58(83)73(22)48(34-76)61(86)72(21)47(33-64(16,17)89-25)55(80)68-49(38(9)10)62(87)69(18)44(30-35(3)4)54(79)65-41(14)53(78)66-42(15)57(82)70(19)45(31-36(5)6)59(84)71(20)46(32-37(7)8)60(85)74(23)50(39(11)12)63(88)75(51)24/h26,28,35-52,76-77H,27,29-34H2,1-25H3,(H,65,79)(H,66,78)(H,67,81)(H,68,80)/b28-26+/t40-,41-,42+,43+,44-,45+,46+,47+,48?,49-,50+,51?,52-/m1/s1. The van der Waals surface area contributed by atoms with Crippen LogP contribution in [0.1, 0.15) is 156 Å². The Morgan fingerprint density at radius 3 is 1.36 bits per heavy atom. The van der Waals surface area contributed by atoms with Crippen molar-refractivity contribution >= 4 is 65.0 Å². The Balaban J connectivity index is 4.47. The molecule has 0 radical (unpaired) electrons. The SMILES string of the molecule is C/C=C/C[C@@H](C)[C@@H](O)C1C(=O)N[C@@H](CC)C(=O)N(C)C(CO)C(=O)N(C)[C@@H](CC(C)(C)OC)C(=O)N[C@H](C(C)C)C(=O)N(C)[C@H](CC(C)C)C(=O)N[C@H](C)C(=O)N[C@@H](C)C(=O)N(C)[C@@H](CC(C)C)C(=O)N(C)[C@@H](CC(C)C)C(=O)N(C)[C@@H](C(C)C)C(=O)N1C. The van der Waals surface area contributed by atoms with Gasteiger partial charge in [-0.2, -0.15) is 0 Å². The highest BCUT2D eigenvalue weighted by Crippen LogP contribution is 2.27. The first-order valence-corrected chi connectivity index (χ1v) is 31.6. The molecule has 0 saturated carbocycles. The van der Waals surface area contributed by atoms with Gasteiger partial charge in [0.2, 0.25) is 65.0 Å². The topological polar surface area (TPSA) is 308 Å². The molecule has 0 aromatic heterocycles. The van der Waals surface area contributed by atoms with Gasteiger partial charge in [-0.1, -0.05) is 95.2 Å². The second-order valence-electron chi connectivity index (χ2n) is 27.0. The number of ether oxygens (including phenoxy) is 1. The molecule has 0 aliphatic carbocycles. The van der Waals surface area contributed by atoms with E-state index in [0.717, 1.165) is 14.7 Å². The average molecular weight is 1260 g/mol. The number of likely N-dealkylation sites (N-methyl/N-ethyl adjacent to an activating group) is 7. The average Bonchev–Trinajstić information content (AvgIpc) is 1.47. The van der Waals surface area contributed by atoms with Crippen LogP contribution in [-0.2, 0) is 57.5 Å². The van der Waals surface area contributed by atoms with Gasteiger partial charge in [0.25, 0.3) is 0 Å². The monoisotopic (exact) mass is 1260 g/mol. The van der Waals surface area contributed by atoms with Crippen molar-refractivity contribution in [3.8, 4) is 0 Å². The molecule has 0 bridgehead atoms. The molecule has 510 valence electrons. The van der Waals surface area contributed by atoms with Gasteiger partial charge in [0.1, 0.15) is 66.5 Å². The molecule has 1 aliphatic rings. The molecule has 13 atom stereocenters. The van der Waals surface area contributed by atoms with Gasteiger partial charge in [-0.15, -0.1) is 0 Å². The van der Waals surface area contributed by atoms with Crippen LogP contribution in [0.3, 0.4) is 0 Å². The van der Waals surface area contributed by atoms with E-state index in [4.69, 9.17) is 4.74 Å². The zero-order chi connectivity index (χ0) is 69.2. The molecule has 0 aromatic carbocycles. The molecule has 89 heavy (non-hydrogen) atoms. The number of nitrogens with zero attached hydrogens (tertiary/aromatic N) is 7. The summed E-state index contributed by atoms with van der Waals surface area (Å²) in [6.07, 6.45) is 2.39. The molecule has 1 rings (SSSR count). The van der Waals surface area contributed by atoms with E-state index in [2.05, 4.69) is 21.3 Å². The number of hydrogen-bond acceptors (Lipinski definition) is 14. The maximum absolute atomic E-state index is 15.2. The number of nitrogens with one attached hydrogen (secondary N) is 4. The van der Waals surface area contributed by atoms with E-state index in [1.165, 1.54) is 89.9 Å². The third-order valence-electron chi connectivity index (χ3n) is 17.1. The number of methoxy groups -OCH3 is 1. The van der Waals surface area contributed by atoms with Crippen LogP contribution in [0, 0.1) is 35.5 Å². The summed E-state index contributed by atoms with van der Waals surface area (Å²) in [4.78, 5) is 170. The Labute approximate surface area is 531 Å². The lowest BCUT2D eigenvalue weighted by Crippen LogP contribution is -2.64. The molecular formula is C64H115N11O14. The van der Waals surface area contributed by atoms with E-state index in [9.17, 15) is 53.4 Å². The first kappa shape index (κ1) is 80.8. The van der Waals surface area contributed by atoms with Gasteiger partial charge in [-0.05, 0) is 102 Å². The van der Waals surface area contributed by atoms with Crippen molar-refractivity contribution in [1.29, 1.82) is 0 Å². The molecule has 1 saturated heterocycles. The quantitative estimate of drug-likeness (QED) is 0.114. The maximum Gasteiger partial charge on any atom is 0.248 e. The van der Waals surface area contributed by atoms with Crippen molar-refractivity contribution in [1.82, 2.24) is 55.6 Å². The largest absolute Gasteiger partial charge is 0.394 e. The number of carbonyl (C=O) groups is 11. The molecule has 0 spiro atoms. The van der Waals surface area contributed by atoms with Crippen molar-refractivity contribution in [3.05, 3.63) is 12.2 Å². The van der Waals surface area contributed by atoms with E-state index in [1.807, 2.05) is 41.5 Å². The summed E-state index contributed by atoms with van der Waals surface area (Å²) in [6.45, 7) is 28.2. The number of allylic oxidation sites excluding steroid dienone is 2. The fourth-order valence-electron chi connectivity index (χ4n) is 11.1. The van der Waals surface area contributed by atoms with Gasteiger partial charge in [-0.25, -0.2) is 0 Å². The first-order valence-electron chi connectivity index (χ1n) is 31.6. The number of amides is 11. The van der Waals surface area contributed by atoms with Crippen LogP contribution in [0.25, 0.3) is 0 Å². The Morgan fingerprint density at radius 1 is 0.494 bits per heavy atom. The molecule has 11 amide bonds. The molecule has 6 N–H and O–H groups in total. The van der Waals surface area contributed by atoms with Crippen molar-refractivity contribution < 1.29 is 67.7 Å².